The summed E-state index contributed by atoms with van der Waals surface area (Å²) in [5, 5.41) is 2.54. The molecule has 0 saturated heterocycles. The summed E-state index contributed by atoms with van der Waals surface area (Å²) in [6, 6.07) is 3.59. The van der Waals surface area contributed by atoms with E-state index in [0.29, 0.717) is 0 Å². The van der Waals surface area contributed by atoms with Crippen molar-refractivity contribution in [3.8, 4) is 0 Å². The molecule has 0 unspecified atom stereocenters. The summed E-state index contributed by atoms with van der Waals surface area (Å²) >= 11 is 5.62. The van der Waals surface area contributed by atoms with Gasteiger partial charge in [-0.2, -0.15) is 0 Å². The Balaban J connectivity index is 2.67. The highest BCUT2D eigenvalue weighted by molar-refractivity contribution is 7.90. The second kappa shape index (κ2) is 5.46. The van der Waals surface area contributed by atoms with Gasteiger partial charge in [-0.3, -0.25) is 4.79 Å². The molecule has 0 aromatic heterocycles. The zero-order valence-corrected chi connectivity index (χ0v) is 10.6. The van der Waals surface area contributed by atoms with E-state index in [1.165, 1.54) is 12.1 Å². The average molecular weight is 280 g/mol. The highest BCUT2D eigenvalue weighted by Crippen LogP contribution is 2.14. The number of carbonyl (C=O) groups excluding carboxylic acids is 1. The standard InChI is InChI=1S/C10H11ClFNO3S/c1-17(15,16)5-4-13-10(14)8-6-7(11)2-3-9(8)12/h2-3,6H,4-5H2,1H3,(H,13,14). The topological polar surface area (TPSA) is 63.2 Å². The van der Waals surface area contributed by atoms with E-state index in [1.54, 1.807) is 0 Å². The Labute approximate surface area is 104 Å². The number of benzene rings is 1. The highest BCUT2D eigenvalue weighted by atomic mass is 35.5. The van der Waals surface area contributed by atoms with Crippen LogP contribution in [0, 0.1) is 5.82 Å². The van der Waals surface area contributed by atoms with Crippen molar-refractivity contribution < 1.29 is 17.6 Å². The minimum Gasteiger partial charge on any atom is -0.351 e. The molecule has 0 heterocycles. The van der Waals surface area contributed by atoms with Gasteiger partial charge >= 0.3 is 0 Å². The van der Waals surface area contributed by atoms with E-state index in [0.717, 1.165) is 12.3 Å². The Kier molecular flexibility index (Phi) is 4.47. The van der Waals surface area contributed by atoms with Gasteiger partial charge in [-0.15, -0.1) is 0 Å². The molecule has 7 heteroatoms. The van der Waals surface area contributed by atoms with Gasteiger partial charge in [-0.25, -0.2) is 12.8 Å². The second-order valence-corrected chi connectivity index (χ2v) is 6.21. The van der Waals surface area contributed by atoms with E-state index >= 15 is 0 Å². The van der Waals surface area contributed by atoms with Crippen LogP contribution in [-0.2, 0) is 9.84 Å². The molecule has 0 bridgehead atoms. The number of amides is 1. The van der Waals surface area contributed by atoms with Crippen molar-refractivity contribution in [1.82, 2.24) is 5.32 Å². The summed E-state index contributed by atoms with van der Waals surface area (Å²) in [5.41, 5.74) is -0.203. The van der Waals surface area contributed by atoms with Crippen molar-refractivity contribution >= 4 is 27.3 Å². The third kappa shape index (κ3) is 4.70. The molecule has 94 valence electrons. The first-order valence-corrected chi connectivity index (χ1v) is 7.14. The molecule has 0 atom stereocenters. The molecule has 0 saturated carbocycles. The smallest absolute Gasteiger partial charge is 0.254 e. The van der Waals surface area contributed by atoms with Crippen LogP contribution in [0.1, 0.15) is 10.4 Å². The number of hydrogen-bond donors (Lipinski definition) is 1. The van der Waals surface area contributed by atoms with Gasteiger partial charge in [0, 0.05) is 17.8 Å². The third-order valence-corrected chi connectivity index (χ3v) is 3.11. The first-order valence-electron chi connectivity index (χ1n) is 4.70. The normalized spacial score (nSPS) is 11.2. The SMILES string of the molecule is CS(=O)(=O)CCNC(=O)c1cc(Cl)ccc1F. The van der Waals surface area contributed by atoms with Crippen LogP contribution >= 0.6 is 11.6 Å². The maximum Gasteiger partial charge on any atom is 0.254 e. The van der Waals surface area contributed by atoms with Crippen LogP contribution in [0.4, 0.5) is 4.39 Å². The van der Waals surface area contributed by atoms with Crippen molar-refractivity contribution in [1.29, 1.82) is 0 Å². The fourth-order valence-corrected chi connectivity index (χ4v) is 1.76. The Hall–Kier alpha value is -1.14. The number of hydrogen-bond acceptors (Lipinski definition) is 3. The van der Waals surface area contributed by atoms with Crippen molar-refractivity contribution in [2.75, 3.05) is 18.6 Å². The Morgan fingerprint density at radius 3 is 2.71 bits per heavy atom. The molecule has 1 aromatic rings. The van der Waals surface area contributed by atoms with Gasteiger partial charge in [0.05, 0.1) is 11.3 Å². The number of nitrogens with one attached hydrogen (secondary N) is 1. The van der Waals surface area contributed by atoms with Gasteiger partial charge in [-0.05, 0) is 18.2 Å². The monoisotopic (exact) mass is 279 g/mol. The highest BCUT2D eigenvalue weighted by Gasteiger charge is 2.12. The molecular weight excluding hydrogens is 269 g/mol. The number of sulfone groups is 1. The molecule has 0 fully saturated rings. The second-order valence-electron chi connectivity index (χ2n) is 3.51. The van der Waals surface area contributed by atoms with Crippen LogP contribution in [0.3, 0.4) is 0 Å². The molecule has 17 heavy (non-hydrogen) atoms. The van der Waals surface area contributed by atoms with Crippen LogP contribution in [0.15, 0.2) is 18.2 Å². The lowest BCUT2D eigenvalue weighted by Gasteiger charge is -2.05. The molecule has 0 radical (unpaired) electrons. The minimum absolute atomic E-state index is 0.0659. The Morgan fingerprint density at radius 2 is 2.12 bits per heavy atom. The quantitative estimate of drug-likeness (QED) is 0.902. The number of halogens is 2. The van der Waals surface area contributed by atoms with E-state index in [2.05, 4.69) is 5.32 Å². The average Bonchev–Trinajstić information content (AvgIpc) is 2.19. The Bertz CT molecular complexity index is 530. The zero-order valence-electron chi connectivity index (χ0n) is 9.04. The van der Waals surface area contributed by atoms with Gasteiger partial charge < -0.3 is 5.32 Å². The largest absolute Gasteiger partial charge is 0.351 e. The summed E-state index contributed by atoms with van der Waals surface area (Å²) in [6.45, 7) is -0.0659. The van der Waals surface area contributed by atoms with Crippen molar-refractivity contribution in [2.45, 2.75) is 0 Å². The van der Waals surface area contributed by atoms with Crippen LogP contribution < -0.4 is 5.32 Å². The zero-order chi connectivity index (χ0) is 13.1. The molecule has 0 spiro atoms. The summed E-state index contributed by atoms with van der Waals surface area (Å²) < 4.78 is 34.9. The molecule has 0 aliphatic rings. The van der Waals surface area contributed by atoms with Crippen LogP contribution in [0.2, 0.25) is 5.02 Å². The third-order valence-electron chi connectivity index (χ3n) is 1.93. The Morgan fingerprint density at radius 1 is 1.47 bits per heavy atom. The first kappa shape index (κ1) is 13.9. The number of carbonyl (C=O) groups is 1. The lowest BCUT2D eigenvalue weighted by atomic mass is 10.2. The fourth-order valence-electron chi connectivity index (χ4n) is 1.12. The number of rotatable bonds is 4. The maximum atomic E-state index is 13.2. The molecule has 0 aliphatic heterocycles. The van der Waals surface area contributed by atoms with Crippen LogP contribution in [-0.4, -0.2) is 32.9 Å². The van der Waals surface area contributed by atoms with Gasteiger partial charge in [0.1, 0.15) is 15.7 Å². The van der Waals surface area contributed by atoms with Gasteiger partial charge in [0.2, 0.25) is 0 Å². The lowest BCUT2D eigenvalue weighted by molar-refractivity contribution is 0.0952. The summed E-state index contributed by atoms with van der Waals surface area (Å²) in [4.78, 5) is 11.5. The van der Waals surface area contributed by atoms with E-state index < -0.39 is 21.6 Å². The van der Waals surface area contributed by atoms with E-state index in [9.17, 15) is 17.6 Å². The van der Waals surface area contributed by atoms with Gasteiger partial charge in [-0.1, -0.05) is 11.6 Å². The van der Waals surface area contributed by atoms with Gasteiger partial charge in [0.25, 0.3) is 5.91 Å². The summed E-state index contributed by atoms with van der Waals surface area (Å²) in [6.07, 6.45) is 1.05. The molecular formula is C10H11ClFNO3S. The fraction of sp³-hybridized carbons (Fsp3) is 0.300. The molecule has 1 aromatic carbocycles. The predicted molar refractivity (Wildman–Crippen MR) is 63.5 cm³/mol. The first-order chi connectivity index (χ1) is 7.79. The van der Waals surface area contributed by atoms with E-state index in [1.807, 2.05) is 0 Å². The molecule has 4 nitrogen and oxygen atoms in total. The molecule has 1 amide bonds. The van der Waals surface area contributed by atoms with Crippen molar-refractivity contribution in [3.05, 3.63) is 34.6 Å². The predicted octanol–water partition coefficient (Wildman–Crippen LogP) is 1.25. The minimum atomic E-state index is -3.15. The van der Waals surface area contributed by atoms with Crippen LogP contribution in [0.5, 0.6) is 0 Å². The maximum absolute atomic E-state index is 13.2. The molecule has 0 aliphatic carbocycles. The van der Waals surface area contributed by atoms with Crippen molar-refractivity contribution in [3.63, 3.8) is 0 Å². The van der Waals surface area contributed by atoms with Crippen LogP contribution in [0.25, 0.3) is 0 Å². The van der Waals surface area contributed by atoms with Crippen molar-refractivity contribution in [2.24, 2.45) is 0 Å². The summed E-state index contributed by atoms with van der Waals surface area (Å²) in [7, 11) is -3.15. The lowest BCUT2D eigenvalue weighted by Crippen LogP contribution is -2.29. The molecule has 1 N–H and O–H groups in total. The summed E-state index contributed by atoms with van der Waals surface area (Å²) in [5.74, 6) is -1.58. The van der Waals surface area contributed by atoms with Gasteiger partial charge in [0.15, 0.2) is 0 Å². The molecule has 1 rings (SSSR count). The van der Waals surface area contributed by atoms with E-state index in [4.69, 9.17) is 11.6 Å². The van der Waals surface area contributed by atoms with E-state index in [-0.39, 0.29) is 22.9 Å².